The van der Waals surface area contributed by atoms with E-state index in [-0.39, 0.29) is 0 Å². The first-order chi connectivity index (χ1) is 14.1. The molecule has 0 amide bonds. The van der Waals surface area contributed by atoms with E-state index in [1.54, 1.807) is 19.4 Å². The summed E-state index contributed by atoms with van der Waals surface area (Å²) in [5.74, 6) is 1.24. The smallest absolute Gasteiger partial charge is 0.198 e. The zero-order chi connectivity index (χ0) is 20.0. The lowest BCUT2D eigenvalue weighted by atomic mass is 10.1. The lowest BCUT2D eigenvalue weighted by molar-refractivity contribution is 0.416. The Morgan fingerprint density at radius 2 is 1.90 bits per heavy atom. The molecule has 0 aliphatic heterocycles. The molecule has 0 spiro atoms. The largest absolute Gasteiger partial charge is 0.496 e. The van der Waals surface area contributed by atoms with E-state index >= 15 is 0 Å². The number of halogens is 1. The standard InChI is InChI=1S/C22H16ClN5O/c1-29-21-9-3-14(23)11-17(21)20-8-5-16-12-25-22(27-28(16)20)19-6-2-13-10-15(24)4-7-18(13)26-19/h2-12H,24H2,1H3. The van der Waals surface area contributed by atoms with Gasteiger partial charge in [-0.25, -0.2) is 14.5 Å². The van der Waals surface area contributed by atoms with Gasteiger partial charge in [-0.1, -0.05) is 17.7 Å². The molecule has 5 aromatic rings. The van der Waals surface area contributed by atoms with Crippen molar-refractivity contribution in [1.82, 2.24) is 19.6 Å². The highest BCUT2D eigenvalue weighted by molar-refractivity contribution is 6.31. The highest BCUT2D eigenvalue weighted by Gasteiger charge is 2.14. The monoisotopic (exact) mass is 401 g/mol. The third-order valence-electron chi connectivity index (χ3n) is 4.78. The molecule has 2 aromatic carbocycles. The molecule has 0 saturated heterocycles. The van der Waals surface area contributed by atoms with Crippen LogP contribution >= 0.6 is 11.6 Å². The van der Waals surface area contributed by atoms with E-state index in [1.165, 1.54) is 0 Å². The van der Waals surface area contributed by atoms with Gasteiger partial charge in [-0.05, 0) is 54.6 Å². The third kappa shape index (κ3) is 3.03. The number of aromatic nitrogens is 4. The lowest BCUT2D eigenvalue weighted by Gasteiger charge is -2.10. The Morgan fingerprint density at radius 3 is 2.76 bits per heavy atom. The van der Waals surface area contributed by atoms with Crippen molar-refractivity contribution in [2.45, 2.75) is 0 Å². The Bertz CT molecular complexity index is 1380. The van der Waals surface area contributed by atoms with Crippen LogP contribution in [0.3, 0.4) is 0 Å². The fourth-order valence-electron chi connectivity index (χ4n) is 3.37. The van der Waals surface area contributed by atoms with E-state index in [9.17, 15) is 0 Å². The SMILES string of the molecule is COc1ccc(Cl)cc1-c1ccc2cnc(-c3ccc4cc(N)ccc4n3)nn12. The van der Waals surface area contributed by atoms with Crippen LogP contribution in [0.2, 0.25) is 5.02 Å². The molecule has 5 rings (SSSR count). The second-order valence-electron chi connectivity index (χ2n) is 6.63. The molecule has 0 atom stereocenters. The van der Waals surface area contributed by atoms with Crippen LogP contribution in [-0.4, -0.2) is 26.7 Å². The summed E-state index contributed by atoms with van der Waals surface area (Å²) in [5, 5.41) is 6.33. The molecule has 0 bridgehead atoms. The van der Waals surface area contributed by atoms with E-state index in [2.05, 4.69) is 9.97 Å². The van der Waals surface area contributed by atoms with Crippen molar-refractivity contribution in [3.8, 4) is 28.5 Å². The number of rotatable bonds is 3. The van der Waals surface area contributed by atoms with Crippen molar-refractivity contribution < 1.29 is 4.74 Å². The minimum atomic E-state index is 0.523. The lowest BCUT2D eigenvalue weighted by Crippen LogP contribution is -2.01. The van der Waals surface area contributed by atoms with E-state index in [1.807, 2.05) is 59.1 Å². The van der Waals surface area contributed by atoms with Crippen LogP contribution in [0.15, 0.2) is 66.9 Å². The summed E-state index contributed by atoms with van der Waals surface area (Å²) in [7, 11) is 1.63. The molecule has 3 heterocycles. The molecule has 0 aliphatic carbocycles. The van der Waals surface area contributed by atoms with Crippen molar-refractivity contribution in [3.63, 3.8) is 0 Å². The first-order valence-corrected chi connectivity index (χ1v) is 9.35. The maximum Gasteiger partial charge on any atom is 0.198 e. The van der Waals surface area contributed by atoms with Gasteiger partial charge in [-0.15, -0.1) is 5.10 Å². The highest BCUT2D eigenvalue weighted by Crippen LogP contribution is 2.33. The van der Waals surface area contributed by atoms with Crippen LogP contribution in [0, 0.1) is 0 Å². The van der Waals surface area contributed by atoms with E-state index < -0.39 is 0 Å². The zero-order valence-electron chi connectivity index (χ0n) is 15.5. The Hall–Kier alpha value is -3.64. The van der Waals surface area contributed by atoms with E-state index in [4.69, 9.17) is 27.2 Å². The molecule has 0 aliphatic rings. The number of nitrogens with two attached hydrogens (primary N) is 1. The summed E-state index contributed by atoms with van der Waals surface area (Å²) < 4.78 is 7.33. The normalized spacial score (nSPS) is 11.2. The van der Waals surface area contributed by atoms with Crippen LogP contribution in [0.25, 0.3) is 39.2 Å². The molecule has 0 unspecified atom stereocenters. The van der Waals surface area contributed by atoms with Gasteiger partial charge in [0.05, 0.1) is 30.0 Å². The molecule has 3 aromatic heterocycles. The average Bonchev–Trinajstić information content (AvgIpc) is 3.16. The Morgan fingerprint density at radius 1 is 1.00 bits per heavy atom. The van der Waals surface area contributed by atoms with Gasteiger partial charge in [0.15, 0.2) is 5.82 Å². The molecule has 0 saturated carbocycles. The molecular weight excluding hydrogens is 386 g/mol. The molecule has 142 valence electrons. The number of pyridine rings is 1. The zero-order valence-corrected chi connectivity index (χ0v) is 16.3. The maximum absolute atomic E-state index is 6.22. The Kier molecular flexibility index (Phi) is 4.07. The van der Waals surface area contributed by atoms with Crippen molar-refractivity contribution in [1.29, 1.82) is 0 Å². The quantitative estimate of drug-likeness (QED) is 0.437. The average molecular weight is 402 g/mol. The molecule has 0 radical (unpaired) electrons. The minimum absolute atomic E-state index is 0.523. The number of nitrogen functional groups attached to an aromatic ring is 1. The third-order valence-corrected chi connectivity index (χ3v) is 5.01. The summed E-state index contributed by atoms with van der Waals surface area (Å²) in [6, 6.07) is 18.9. The number of benzene rings is 2. The number of methoxy groups -OCH3 is 1. The predicted octanol–water partition coefficient (Wildman–Crippen LogP) is 4.86. The van der Waals surface area contributed by atoms with Gasteiger partial charge in [0, 0.05) is 21.7 Å². The number of fused-ring (bicyclic) bond motifs is 2. The van der Waals surface area contributed by atoms with Gasteiger partial charge in [0.1, 0.15) is 11.4 Å². The van der Waals surface area contributed by atoms with Crippen molar-refractivity contribution in [2.24, 2.45) is 0 Å². The summed E-state index contributed by atoms with van der Waals surface area (Å²) in [5.41, 5.74) is 10.7. The van der Waals surface area contributed by atoms with Crippen LogP contribution in [0.5, 0.6) is 5.75 Å². The van der Waals surface area contributed by atoms with Crippen molar-refractivity contribution >= 4 is 33.7 Å². The van der Waals surface area contributed by atoms with Crippen LogP contribution in [0.1, 0.15) is 0 Å². The maximum atomic E-state index is 6.22. The van der Waals surface area contributed by atoms with Crippen LogP contribution in [0.4, 0.5) is 5.69 Å². The Labute approximate surface area is 171 Å². The van der Waals surface area contributed by atoms with E-state index in [0.717, 1.165) is 33.4 Å². The first kappa shape index (κ1) is 17.5. The summed E-state index contributed by atoms with van der Waals surface area (Å²) in [6.45, 7) is 0. The number of hydrogen-bond donors (Lipinski definition) is 1. The van der Waals surface area contributed by atoms with Gasteiger partial charge >= 0.3 is 0 Å². The predicted molar refractivity (Wildman–Crippen MR) is 115 cm³/mol. The molecule has 29 heavy (non-hydrogen) atoms. The number of anilines is 1. The molecule has 6 nitrogen and oxygen atoms in total. The van der Waals surface area contributed by atoms with Crippen LogP contribution in [-0.2, 0) is 0 Å². The van der Waals surface area contributed by atoms with Gasteiger partial charge < -0.3 is 10.5 Å². The molecule has 0 fully saturated rings. The summed E-state index contributed by atoms with van der Waals surface area (Å²) in [6.07, 6.45) is 1.78. The van der Waals surface area contributed by atoms with Crippen molar-refractivity contribution in [3.05, 3.63) is 71.9 Å². The number of ether oxygens (including phenoxy) is 1. The molecular formula is C22H16ClN5O. The van der Waals surface area contributed by atoms with E-state index in [0.29, 0.717) is 22.2 Å². The van der Waals surface area contributed by atoms with Gasteiger partial charge in [-0.3, -0.25) is 0 Å². The fraction of sp³-hybridized carbons (Fsp3) is 0.0455. The van der Waals surface area contributed by atoms with Crippen molar-refractivity contribution in [2.75, 3.05) is 12.8 Å². The second-order valence-corrected chi connectivity index (χ2v) is 7.07. The first-order valence-electron chi connectivity index (χ1n) is 8.98. The minimum Gasteiger partial charge on any atom is -0.496 e. The summed E-state index contributed by atoms with van der Waals surface area (Å²) in [4.78, 5) is 9.18. The Balaban J connectivity index is 1.67. The second kappa shape index (κ2) is 6.76. The number of hydrogen-bond acceptors (Lipinski definition) is 5. The highest BCUT2D eigenvalue weighted by atomic mass is 35.5. The topological polar surface area (TPSA) is 78.3 Å². The summed E-state index contributed by atoms with van der Waals surface area (Å²) >= 11 is 6.22. The number of nitrogens with zero attached hydrogens (tertiary/aromatic N) is 4. The van der Waals surface area contributed by atoms with Gasteiger partial charge in [0.2, 0.25) is 0 Å². The fourth-order valence-corrected chi connectivity index (χ4v) is 3.54. The molecule has 7 heteroatoms. The van der Waals surface area contributed by atoms with Crippen LogP contribution < -0.4 is 10.5 Å². The molecule has 2 N–H and O–H groups in total. The van der Waals surface area contributed by atoms with Gasteiger partial charge in [0.25, 0.3) is 0 Å². The van der Waals surface area contributed by atoms with Gasteiger partial charge in [-0.2, -0.15) is 0 Å².